The summed E-state index contributed by atoms with van der Waals surface area (Å²) in [7, 11) is 0. The summed E-state index contributed by atoms with van der Waals surface area (Å²) < 4.78 is 0. The van der Waals surface area contributed by atoms with Crippen LogP contribution in [-0.4, -0.2) is 0 Å². The summed E-state index contributed by atoms with van der Waals surface area (Å²) >= 11 is 0. The van der Waals surface area contributed by atoms with Crippen LogP contribution in [0.5, 0.6) is 0 Å². The molecule has 0 radical (unpaired) electrons. The Hall–Kier alpha value is -1.30. The minimum atomic E-state index is 0. The van der Waals surface area contributed by atoms with Crippen LogP contribution < -0.4 is 0 Å². The molecule has 0 aliphatic rings. The van der Waals surface area contributed by atoms with E-state index >= 15 is 0 Å². The average molecular weight is 246 g/mol. The summed E-state index contributed by atoms with van der Waals surface area (Å²) in [5, 5.41) is 0. The Bertz CT molecular complexity index is 409. The van der Waals surface area contributed by atoms with Crippen LogP contribution in [0.1, 0.15) is 11.1 Å². The third kappa shape index (κ3) is 4.48. The van der Waals surface area contributed by atoms with Crippen molar-refractivity contribution in [2.45, 2.75) is 0 Å². The van der Waals surface area contributed by atoms with Crippen molar-refractivity contribution < 1.29 is 0 Å². The smallest absolute Gasteiger partial charge is 0.0249 e. The van der Waals surface area contributed by atoms with Gasteiger partial charge >= 0.3 is 0 Å². The van der Waals surface area contributed by atoms with Gasteiger partial charge in [-0.15, -0.1) is 0 Å². The third-order valence-corrected chi connectivity index (χ3v) is 1.90. The lowest BCUT2D eigenvalue weighted by atomic mass is 10.2. The molecule has 82 valence electrons. The second kappa shape index (κ2) is 7.92. The van der Waals surface area contributed by atoms with Gasteiger partial charge in [0.15, 0.2) is 0 Å². The average Bonchev–Trinajstić information content (AvgIpc) is 2.29. The Morgan fingerprint density at radius 3 is 1.12 bits per heavy atom. The molecule has 16 heavy (non-hydrogen) atoms. The monoisotopic (exact) mass is 246 g/mol. The molecule has 0 atom stereocenters. The highest BCUT2D eigenvalue weighted by atomic mass is 32.1. The van der Waals surface area contributed by atoms with E-state index in [1.807, 2.05) is 60.7 Å². The fraction of sp³-hybridized carbons (Fsp3) is 0. The molecule has 0 unspecified atom stereocenters. The summed E-state index contributed by atoms with van der Waals surface area (Å²) in [5.41, 5.74) is 2.10. The molecule has 0 bridgehead atoms. The Morgan fingerprint density at radius 2 is 0.812 bits per heavy atom. The van der Waals surface area contributed by atoms with Crippen LogP contribution in [0.15, 0.2) is 60.7 Å². The molecule has 0 aliphatic heterocycles. The van der Waals surface area contributed by atoms with Gasteiger partial charge in [-0.2, -0.15) is 27.0 Å². The molecule has 2 aromatic rings. The molecule has 2 rings (SSSR count). The van der Waals surface area contributed by atoms with E-state index in [-0.39, 0.29) is 27.0 Å². The van der Waals surface area contributed by atoms with Crippen molar-refractivity contribution in [2.24, 2.45) is 0 Å². The van der Waals surface area contributed by atoms with Gasteiger partial charge < -0.3 is 0 Å². The third-order valence-electron chi connectivity index (χ3n) is 1.90. The minimum Gasteiger partial charge on any atom is -0.197 e. The van der Waals surface area contributed by atoms with E-state index in [1.54, 1.807) is 0 Å². The Kier molecular flexibility index (Phi) is 7.28. The summed E-state index contributed by atoms with van der Waals surface area (Å²) in [6.07, 6.45) is 0. The second-order valence-corrected chi connectivity index (χ2v) is 2.98. The Labute approximate surface area is 111 Å². The standard InChI is InChI=1S/C14H10.2H2S/c1-3-7-13(8-4-1)11-12-14-9-5-2-6-10-14;;/h1-10H;2*1H2. The van der Waals surface area contributed by atoms with Crippen molar-refractivity contribution in [1.82, 2.24) is 0 Å². The summed E-state index contributed by atoms with van der Waals surface area (Å²) in [4.78, 5) is 0. The van der Waals surface area contributed by atoms with Gasteiger partial charge in [-0.05, 0) is 24.3 Å². The van der Waals surface area contributed by atoms with Crippen LogP contribution in [0.25, 0.3) is 0 Å². The van der Waals surface area contributed by atoms with Gasteiger partial charge in [-0.25, -0.2) is 0 Å². The second-order valence-electron chi connectivity index (χ2n) is 2.98. The minimum absolute atomic E-state index is 0. The Morgan fingerprint density at radius 1 is 0.500 bits per heavy atom. The molecule has 0 aliphatic carbocycles. The molecule has 0 saturated carbocycles. The fourth-order valence-corrected chi connectivity index (χ4v) is 1.19. The highest BCUT2D eigenvalue weighted by Crippen LogP contribution is 1.98. The predicted molar refractivity (Wildman–Crippen MR) is 79.6 cm³/mol. The molecule has 2 aromatic carbocycles. The van der Waals surface area contributed by atoms with Crippen LogP contribution in [0.4, 0.5) is 0 Å². The molecular formula is C14H14S2. The van der Waals surface area contributed by atoms with E-state index in [0.29, 0.717) is 0 Å². The van der Waals surface area contributed by atoms with E-state index in [0.717, 1.165) is 11.1 Å². The number of hydrogen-bond donors (Lipinski definition) is 0. The first kappa shape index (κ1) is 14.7. The van der Waals surface area contributed by atoms with Crippen LogP contribution in [0.3, 0.4) is 0 Å². The number of hydrogen-bond acceptors (Lipinski definition) is 0. The zero-order chi connectivity index (χ0) is 9.64. The van der Waals surface area contributed by atoms with Crippen LogP contribution in [0.2, 0.25) is 0 Å². The quantitative estimate of drug-likeness (QED) is 0.626. The maximum atomic E-state index is 3.11. The van der Waals surface area contributed by atoms with Gasteiger partial charge in [-0.1, -0.05) is 48.2 Å². The maximum Gasteiger partial charge on any atom is 0.0249 e. The summed E-state index contributed by atoms with van der Waals surface area (Å²) in [5.74, 6) is 6.22. The Balaban J connectivity index is 0.00000112. The van der Waals surface area contributed by atoms with Crippen molar-refractivity contribution in [3.63, 3.8) is 0 Å². The van der Waals surface area contributed by atoms with E-state index in [1.165, 1.54) is 0 Å². The molecule has 0 spiro atoms. The van der Waals surface area contributed by atoms with Gasteiger partial charge in [0.25, 0.3) is 0 Å². The molecule has 0 heterocycles. The van der Waals surface area contributed by atoms with E-state index < -0.39 is 0 Å². The lowest BCUT2D eigenvalue weighted by molar-refractivity contribution is 1.62. The zero-order valence-electron chi connectivity index (χ0n) is 8.77. The van der Waals surface area contributed by atoms with Crippen molar-refractivity contribution in [3.8, 4) is 11.8 Å². The highest BCUT2D eigenvalue weighted by molar-refractivity contribution is 7.59. The SMILES string of the molecule is C(#Cc1ccccc1)c1ccccc1.S.S. The topological polar surface area (TPSA) is 0 Å². The van der Waals surface area contributed by atoms with Crippen molar-refractivity contribution in [1.29, 1.82) is 0 Å². The van der Waals surface area contributed by atoms with Gasteiger partial charge in [0.05, 0.1) is 0 Å². The van der Waals surface area contributed by atoms with Gasteiger partial charge in [0.1, 0.15) is 0 Å². The lowest BCUT2D eigenvalue weighted by Crippen LogP contribution is -1.73. The molecule has 0 saturated heterocycles. The van der Waals surface area contributed by atoms with Crippen LogP contribution >= 0.6 is 27.0 Å². The van der Waals surface area contributed by atoms with Crippen molar-refractivity contribution in [2.75, 3.05) is 0 Å². The summed E-state index contributed by atoms with van der Waals surface area (Å²) in [6.45, 7) is 0. The first-order valence-corrected chi connectivity index (χ1v) is 4.57. The predicted octanol–water partition coefficient (Wildman–Crippen LogP) is 3.31. The molecule has 0 N–H and O–H groups in total. The largest absolute Gasteiger partial charge is 0.197 e. The normalized spacial score (nSPS) is 7.75. The molecule has 0 nitrogen and oxygen atoms in total. The van der Waals surface area contributed by atoms with Crippen molar-refractivity contribution in [3.05, 3.63) is 71.8 Å². The summed E-state index contributed by atoms with van der Waals surface area (Å²) in [6, 6.07) is 20.0. The first-order valence-electron chi connectivity index (χ1n) is 4.57. The van der Waals surface area contributed by atoms with E-state index in [2.05, 4.69) is 11.8 Å². The van der Waals surface area contributed by atoms with E-state index in [4.69, 9.17) is 0 Å². The number of benzene rings is 2. The van der Waals surface area contributed by atoms with Gasteiger partial charge in [0.2, 0.25) is 0 Å². The zero-order valence-corrected chi connectivity index (χ0v) is 10.8. The van der Waals surface area contributed by atoms with E-state index in [9.17, 15) is 0 Å². The number of rotatable bonds is 0. The molecule has 0 fully saturated rings. The van der Waals surface area contributed by atoms with Gasteiger partial charge in [0, 0.05) is 11.1 Å². The van der Waals surface area contributed by atoms with Crippen LogP contribution in [0, 0.1) is 11.8 Å². The maximum absolute atomic E-state index is 3.11. The molecule has 0 amide bonds. The van der Waals surface area contributed by atoms with Crippen molar-refractivity contribution >= 4 is 27.0 Å². The molecular weight excluding hydrogens is 232 g/mol. The van der Waals surface area contributed by atoms with Crippen LogP contribution in [-0.2, 0) is 0 Å². The first-order chi connectivity index (χ1) is 6.95. The van der Waals surface area contributed by atoms with Gasteiger partial charge in [-0.3, -0.25) is 0 Å². The fourth-order valence-electron chi connectivity index (χ4n) is 1.19. The molecule has 0 aromatic heterocycles. The molecule has 2 heteroatoms. The lowest BCUT2D eigenvalue weighted by Gasteiger charge is -1.88. The highest BCUT2D eigenvalue weighted by Gasteiger charge is 1.83.